The monoisotopic (exact) mass is 361 g/mol. The number of ether oxygens (including phenoxy) is 1. The van der Waals surface area contributed by atoms with Crippen molar-refractivity contribution < 1.29 is 9.53 Å². The Bertz CT molecular complexity index is 904. The molecule has 0 N–H and O–H groups in total. The minimum atomic E-state index is -0.0513. The van der Waals surface area contributed by atoms with Gasteiger partial charge in [-0.2, -0.15) is 0 Å². The van der Waals surface area contributed by atoms with Gasteiger partial charge in [-0.05, 0) is 18.6 Å². The van der Waals surface area contributed by atoms with E-state index < -0.39 is 0 Å². The molecule has 1 aliphatic heterocycles. The summed E-state index contributed by atoms with van der Waals surface area (Å²) in [5, 5.41) is 0. The topological polar surface area (TPSA) is 47.4 Å². The van der Waals surface area contributed by atoms with Crippen LogP contribution in [0.5, 0.6) is 5.75 Å². The molecule has 0 bridgehead atoms. The molecule has 0 spiro atoms. The van der Waals surface area contributed by atoms with Crippen LogP contribution in [0.3, 0.4) is 0 Å². The molecule has 1 atom stereocenters. The van der Waals surface area contributed by atoms with Crippen LogP contribution in [0.2, 0.25) is 0 Å². The lowest BCUT2D eigenvalue weighted by atomic mass is 10.1. The van der Waals surface area contributed by atoms with Crippen LogP contribution in [0.15, 0.2) is 67.3 Å². The van der Waals surface area contributed by atoms with Crippen LogP contribution in [0, 0.1) is 6.92 Å². The highest BCUT2D eigenvalue weighted by Gasteiger charge is 2.28. The molecule has 3 aromatic rings. The van der Waals surface area contributed by atoms with Crippen molar-refractivity contribution in [3.8, 4) is 5.75 Å². The van der Waals surface area contributed by atoms with Gasteiger partial charge in [0, 0.05) is 31.0 Å². The Balaban J connectivity index is 1.59. The lowest BCUT2D eigenvalue weighted by Crippen LogP contribution is -2.44. The molecule has 5 nitrogen and oxygen atoms in total. The van der Waals surface area contributed by atoms with E-state index in [1.54, 1.807) is 12.5 Å². The van der Waals surface area contributed by atoms with Crippen LogP contribution in [0.25, 0.3) is 0 Å². The third kappa shape index (κ3) is 4.03. The standard InChI is InChI=1S/C22H23N3O2/c1-17-6-8-18(9-7-17)12-22(26)25-13-19-4-2-3-5-21(19)27-15-20(25)14-24-11-10-23-16-24/h2-11,16,20H,12-15H2,1H3/t20-/m1/s1. The van der Waals surface area contributed by atoms with Gasteiger partial charge in [0.05, 0.1) is 18.8 Å². The summed E-state index contributed by atoms with van der Waals surface area (Å²) in [6.45, 7) is 3.73. The number of amides is 1. The van der Waals surface area contributed by atoms with Crippen LogP contribution in [-0.4, -0.2) is 33.0 Å². The van der Waals surface area contributed by atoms with Gasteiger partial charge in [0.2, 0.25) is 5.91 Å². The zero-order valence-corrected chi connectivity index (χ0v) is 15.4. The number of hydrogen-bond acceptors (Lipinski definition) is 3. The van der Waals surface area contributed by atoms with Crippen molar-refractivity contribution in [2.75, 3.05) is 6.61 Å². The molecule has 0 aliphatic carbocycles. The number of fused-ring (bicyclic) bond motifs is 1. The molecule has 0 radical (unpaired) electrons. The predicted molar refractivity (Wildman–Crippen MR) is 103 cm³/mol. The van der Waals surface area contributed by atoms with E-state index in [1.165, 1.54) is 5.56 Å². The van der Waals surface area contributed by atoms with Gasteiger partial charge >= 0.3 is 0 Å². The average Bonchev–Trinajstić information content (AvgIpc) is 3.12. The molecule has 5 heteroatoms. The minimum absolute atomic E-state index is 0.0513. The van der Waals surface area contributed by atoms with Crippen LogP contribution >= 0.6 is 0 Å². The van der Waals surface area contributed by atoms with Crippen LogP contribution in [-0.2, 0) is 24.3 Å². The fourth-order valence-electron chi connectivity index (χ4n) is 3.43. The first-order valence-corrected chi connectivity index (χ1v) is 9.20. The maximum Gasteiger partial charge on any atom is 0.227 e. The maximum atomic E-state index is 13.2. The summed E-state index contributed by atoms with van der Waals surface area (Å²) in [4.78, 5) is 19.3. The average molecular weight is 361 g/mol. The molecular weight excluding hydrogens is 338 g/mol. The van der Waals surface area contributed by atoms with E-state index in [-0.39, 0.29) is 11.9 Å². The van der Waals surface area contributed by atoms with Crippen molar-refractivity contribution in [3.63, 3.8) is 0 Å². The van der Waals surface area contributed by atoms with Gasteiger partial charge < -0.3 is 14.2 Å². The first kappa shape index (κ1) is 17.3. The Morgan fingerprint density at radius 3 is 2.78 bits per heavy atom. The third-order valence-electron chi connectivity index (χ3n) is 4.96. The Morgan fingerprint density at radius 2 is 2.00 bits per heavy atom. The molecule has 2 aromatic carbocycles. The smallest absolute Gasteiger partial charge is 0.227 e. The number of aryl methyl sites for hydroxylation is 1. The fraction of sp³-hybridized carbons (Fsp3) is 0.273. The van der Waals surface area contributed by atoms with Crippen molar-refractivity contribution in [1.29, 1.82) is 0 Å². The summed E-state index contributed by atoms with van der Waals surface area (Å²) in [5.74, 6) is 0.975. The van der Waals surface area contributed by atoms with E-state index in [4.69, 9.17) is 4.74 Å². The molecule has 4 rings (SSSR count). The van der Waals surface area contributed by atoms with Gasteiger partial charge in [-0.3, -0.25) is 4.79 Å². The van der Waals surface area contributed by atoms with Crippen molar-refractivity contribution in [2.24, 2.45) is 0 Å². The third-order valence-corrected chi connectivity index (χ3v) is 4.96. The molecule has 2 heterocycles. The molecule has 0 saturated carbocycles. The van der Waals surface area contributed by atoms with E-state index in [1.807, 2.05) is 64.2 Å². The number of rotatable bonds is 4. The van der Waals surface area contributed by atoms with Crippen molar-refractivity contribution in [2.45, 2.75) is 32.5 Å². The van der Waals surface area contributed by atoms with Crippen molar-refractivity contribution >= 4 is 5.91 Å². The van der Waals surface area contributed by atoms with Crippen LogP contribution in [0.1, 0.15) is 16.7 Å². The van der Waals surface area contributed by atoms with E-state index in [2.05, 4.69) is 11.9 Å². The molecule has 0 fully saturated rings. The first-order chi connectivity index (χ1) is 13.2. The number of aromatic nitrogens is 2. The van der Waals surface area contributed by atoms with E-state index in [9.17, 15) is 4.79 Å². The normalized spacial score (nSPS) is 16.3. The molecular formula is C22H23N3O2. The number of nitrogens with zero attached hydrogens (tertiary/aromatic N) is 3. The maximum absolute atomic E-state index is 13.2. The molecule has 27 heavy (non-hydrogen) atoms. The summed E-state index contributed by atoms with van der Waals surface area (Å²) < 4.78 is 8.02. The summed E-state index contributed by atoms with van der Waals surface area (Å²) in [5.41, 5.74) is 3.27. The van der Waals surface area contributed by atoms with Gasteiger partial charge in [-0.15, -0.1) is 0 Å². The Labute approximate surface area is 159 Å². The SMILES string of the molecule is Cc1ccc(CC(=O)N2Cc3ccccc3OC[C@H]2Cn2ccnc2)cc1. The fourth-order valence-corrected chi connectivity index (χ4v) is 3.43. The summed E-state index contributed by atoms with van der Waals surface area (Å²) in [7, 11) is 0. The second kappa shape index (κ2) is 7.66. The number of carbonyl (C=O) groups excluding carboxylic acids is 1. The summed E-state index contributed by atoms with van der Waals surface area (Å²) in [6.07, 6.45) is 5.84. The van der Waals surface area contributed by atoms with Crippen LogP contribution in [0.4, 0.5) is 0 Å². The Morgan fingerprint density at radius 1 is 1.19 bits per heavy atom. The Kier molecular flexibility index (Phi) is 4.92. The molecule has 0 saturated heterocycles. The highest BCUT2D eigenvalue weighted by molar-refractivity contribution is 5.79. The second-order valence-corrected chi connectivity index (χ2v) is 7.02. The number of benzene rings is 2. The largest absolute Gasteiger partial charge is 0.491 e. The predicted octanol–water partition coefficient (Wildman–Crippen LogP) is 3.22. The minimum Gasteiger partial charge on any atom is -0.491 e. The van der Waals surface area contributed by atoms with Gasteiger partial charge in [0.25, 0.3) is 0 Å². The van der Waals surface area contributed by atoms with E-state index >= 15 is 0 Å². The van der Waals surface area contributed by atoms with Crippen LogP contribution < -0.4 is 4.74 Å². The first-order valence-electron chi connectivity index (χ1n) is 9.20. The molecule has 1 aliphatic rings. The number of para-hydroxylation sites is 1. The Hall–Kier alpha value is -3.08. The summed E-state index contributed by atoms with van der Waals surface area (Å²) >= 11 is 0. The quantitative estimate of drug-likeness (QED) is 0.717. The van der Waals surface area contributed by atoms with Gasteiger partial charge in [-0.1, -0.05) is 48.0 Å². The summed E-state index contributed by atoms with van der Waals surface area (Å²) in [6, 6.07) is 16.1. The number of carbonyl (C=O) groups is 1. The van der Waals surface area contributed by atoms with Crippen molar-refractivity contribution in [1.82, 2.24) is 14.5 Å². The number of imidazole rings is 1. The highest BCUT2D eigenvalue weighted by atomic mass is 16.5. The van der Waals surface area contributed by atoms with Gasteiger partial charge in [-0.25, -0.2) is 4.98 Å². The van der Waals surface area contributed by atoms with E-state index in [0.29, 0.717) is 26.1 Å². The van der Waals surface area contributed by atoms with E-state index in [0.717, 1.165) is 16.9 Å². The molecule has 1 amide bonds. The van der Waals surface area contributed by atoms with Crippen molar-refractivity contribution in [3.05, 3.63) is 83.9 Å². The molecule has 0 unspecified atom stereocenters. The molecule has 138 valence electrons. The second-order valence-electron chi connectivity index (χ2n) is 7.02. The lowest BCUT2D eigenvalue weighted by molar-refractivity contribution is -0.134. The van der Waals surface area contributed by atoms with Gasteiger partial charge in [0.15, 0.2) is 0 Å². The number of hydrogen-bond donors (Lipinski definition) is 0. The zero-order chi connectivity index (χ0) is 18.6. The van der Waals surface area contributed by atoms with Gasteiger partial charge in [0.1, 0.15) is 12.4 Å². The zero-order valence-electron chi connectivity index (χ0n) is 15.4. The molecule has 1 aromatic heterocycles. The lowest BCUT2D eigenvalue weighted by Gasteiger charge is -2.29. The highest BCUT2D eigenvalue weighted by Crippen LogP contribution is 2.26.